The van der Waals surface area contributed by atoms with Crippen LogP contribution in [0.3, 0.4) is 0 Å². The summed E-state index contributed by atoms with van der Waals surface area (Å²) < 4.78 is 16.1. The monoisotopic (exact) mass is 333 g/mol. The molecule has 0 unspecified atom stereocenters. The molecule has 7 nitrogen and oxygen atoms in total. The zero-order valence-corrected chi connectivity index (χ0v) is 13.5. The lowest BCUT2D eigenvalue weighted by atomic mass is 10.2. The Balaban J connectivity index is 1.81. The molecule has 2 N–H and O–H groups in total. The Labute approximate surface area is 138 Å². The van der Waals surface area contributed by atoms with E-state index >= 15 is 0 Å². The minimum Gasteiger partial charge on any atom is -0.338 e. The lowest BCUT2D eigenvalue weighted by molar-refractivity contribution is 0.241. The van der Waals surface area contributed by atoms with Crippen LogP contribution in [-0.2, 0) is 6.54 Å². The van der Waals surface area contributed by atoms with Crippen LogP contribution >= 0.6 is 0 Å². The van der Waals surface area contributed by atoms with Gasteiger partial charge in [0.1, 0.15) is 5.82 Å². The molecule has 8 heteroatoms. The second kappa shape index (κ2) is 6.86. The third-order valence-corrected chi connectivity index (χ3v) is 3.83. The summed E-state index contributed by atoms with van der Waals surface area (Å²) in [5.74, 6) is 0.213. The van der Waals surface area contributed by atoms with Crippen LogP contribution in [0.15, 0.2) is 29.1 Å². The molecule has 1 aromatic heterocycles. The van der Waals surface area contributed by atoms with E-state index in [-0.39, 0.29) is 30.1 Å². The standard InChI is InChI=1S/C16H20FN5O2/c1-2-18-15(23)19-9-10-21-16(24)22(13-7-8-13)14(20-21)11-3-5-12(17)6-4-11/h3-6,13H,2,7-10H2,1H3,(H2,18,19,23). The molecule has 0 aliphatic heterocycles. The quantitative estimate of drug-likeness (QED) is 0.841. The van der Waals surface area contributed by atoms with Gasteiger partial charge in [0.2, 0.25) is 0 Å². The van der Waals surface area contributed by atoms with E-state index in [1.54, 1.807) is 16.7 Å². The average molecular weight is 333 g/mol. The van der Waals surface area contributed by atoms with E-state index in [1.807, 2.05) is 6.92 Å². The van der Waals surface area contributed by atoms with Crippen LogP contribution in [0.25, 0.3) is 11.4 Å². The number of amides is 2. The molecule has 24 heavy (non-hydrogen) atoms. The maximum absolute atomic E-state index is 13.1. The van der Waals surface area contributed by atoms with Crippen molar-refractivity contribution < 1.29 is 9.18 Å². The number of aromatic nitrogens is 3. The molecule has 1 heterocycles. The van der Waals surface area contributed by atoms with Gasteiger partial charge in [-0.3, -0.25) is 4.57 Å². The average Bonchev–Trinajstić information content (AvgIpc) is 3.34. The molecule has 0 atom stereocenters. The van der Waals surface area contributed by atoms with Crippen molar-refractivity contribution in [1.82, 2.24) is 25.0 Å². The molecular formula is C16H20FN5O2. The fourth-order valence-corrected chi connectivity index (χ4v) is 2.52. The van der Waals surface area contributed by atoms with E-state index in [9.17, 15) is 14.0 Å². The topological polar surface area (TPSA) is 81.0 Å². The lowest BCUT2D eigenvalue weighted by Gasteiger charge is -2.04. The molecule has 0 spiro atoms. The summed E-state index contributed by atoms with van der Waals surface area (Å²) in [5.41, 5.74) is 0.505. The SMILES string of the molecule is CCNC(=O)NCCn1nc(-c2ccc(F)cc2)n(C2CC2)c1=O. The first kappa shape index (κ1) is 16.2. The van der Waals surface area contributed by atoms with Crippen molar-refractivity contribution in [3.05, 3.63) is 40.6 Å². The van der Waals surface area contributed by atoms with Gasteiger partial charge in [0.15, 0.2) is 5.82 Å². The molecule has 1 saturated carbocycles. The maximum Gasteiger partial charge on any atom is 0.346 e. The highest BCUT2D eigenvalue weighted by molar-refractivity contribution is 5.73. The molecule has 3 rings (SSSR count). The molecule has 0 saturated heterocycles. The highest BCUT2D eigenvalue weighted by atomic mass is 19.1. The first-order chi connectivity index (χ1) is 11.6. The summed E-state index contributed by atoms with van der Waals surface area (Å²) in [4.78, 5) is 24.0. The van der Waals surface area contributed by atoms with Crippen molar-refractivity contribution in [2.45, 2.75) is 32.4 Å². The number of rotatable bonds is 6. The zero-order valence-electron chi connectivity index (χ0n) is 13.5. The Morgan fingerprint density at radius 2 is 2.00 bits per heavy atom. The Morgan fingerprint density at radius 3 is 2.62 bits per heavy atom. The van der Waals surface area contributed by atoms with Crippen molar-refractivity contribution in [3.63, 3.8) is 0 Å². The largest absolute Gasteiger partial charge is 0.346 e. The summed E-state index contributed by atoms with van der Waals surface area (Å²) in [6, 6.07) is 5.83. The maximum atomic E-state index is 13.1. The van der Waals surface area contributed by atoms with E-state index in [1.165, 1.54) is 16.8 Å². The summed E-state index contributed by atoms with van der Waals surface area (Å²) >= 11 is 0. The molecule has 1 fully saturated rings. The lowest BCUT2D eigenvalue weighted by Crippen LogP contribution is -2.38. The molecule has 1 aliphatic carbocycles. The Kier molecular flexibility index (Phi) is 4.64. The van der Waals surface area contributed by atoms with E-state index in [0.717, 1.165) is 12.8 Å². The van der Waals surface area contributed by atoms with Gasteiger partial charge in [-0.05, 0) is 44.0 Å². The van der Waals surface area contributed by atoms with Gasteiger partial charge < -0.3 is 10.6 Å². The first-order valence-corrected chi connectivity index (χ1v) is 8.07. The fourth-order valence-electron chi connectivity index (χ4n) is 2.52. The minimum atomic E-state index is -0.329. The van der Waals surface area contributed by atoms with Crippen molar-refractivity contribution in [2.24, 2.45) is 0 Å². The van der Waals surface area contributed by atoms with Crippen LogP contribution in [0.5, 0.6) is 0 Å². The van der Waals surface area contributed by atoms with Gasteiger partial charge in [0.05, 0.1) is 6.54 Å². The fraction of sp³-hybridized carbons (Fsp3) is 0.438. The van der Waals surface area contributed by atoms with E-state index < -0.39 is 0 Å². The zero-order chi connectivity index (χ0) is 17.1. The van der Waals surface area contributed by atoms with Gasteiger partial charge in [0.25, 0.3) is 0 Å². The normalized spacial score (nSPS) is 13.8. The Bertz CT molecular complexity index is 777. The minimum absolute atomic E-state index is 0.155. The Morgan fingerprint density at radius 1 is 1.29 bits per heavy atom. The number of hydrogen-bond acceptors (Lipinski definition) is 3. The van der Waals surface area contributed by atoms with Gasteiger partial charge >= 0.3 is 11.7 Å². The third kappa shape index (κ3) is 3.47. The van der Waals surface area contributed by atoms with Crippen molar-refractivity contribution in [1.29, 1.82) is 0 Å². The number of hydrogen-bond donors (Lipinski definition) is 2. The van der Waals surface area contributed by atoms with Crippen molar-refractivity contribution >= 4 is 6.03 Å². The predicted octanol–water partition coefficient (Wildman–Crippen LogP) is 1.50. The molecule has 0 radical (unpaired) electrons. The van der Waals surface area contributed by atoms with Gasteiger partial charge in [-0.2, -0.15) is 0 Å². The molecule has 128 valence electrons. The second-order valence-corrected chi connectivity index (χ2v) is 5.72. The van der Waals surface area contributed by atoms with Crippen LogP contribution in [0.4, 0.5) is 9.18 Å². The van der Waals surface area contributed by atoms with Crippen molar-refractivity contribution in [2.75, 3.05) is 13.1 Å². The second-order valence-electron chi connectivity index (χ2n) is 5.72. The van der Waals surface area contributed by atoms with Gasteiger partial charge in [0, 0.05) is 24.7 Å². The number of halogens is 1. The molecule has 2 aromatic rings. The number of benzene rings is 1. The summed E-state index contributed by atoms with van der Waals surface area (Å²) in [6.45, 7) is 2.95. The number of carbonyl (C=O) groups excluding carboxylic acids is 1. The third-order valence-electron chi connectivity index (χ3n) is 3.83. The van der Waals surface area contributed by atoms with Crippen LogP contribution in [0.2, 0.25) is 0 Å². The molecule has 2 amide bonds. The van der Waals surface area contributed by atoms with E-state index in [4.69, 9.17) is 0 Å². The molecule has 0 bridgehead atoms. The van der Waals surface area contributed by atoms with Crippen LogP contribution in [-0.4, -0.2) is 33.5 Å². The predicted molar refractivity (Wildman–Crippen MR) is 87.2 cm³/mol. The summed E-state index contributed by atoms with van der Waals surface area (Å²) in [6.07, 6.45) is 1.88. The molecular weight excluding hydrogens is 313 g/mol. The van der Waals surface area contributed by atoms with Gasteiger partial charge in [-0.1, -0.05) is 0 Å². The van der Waals surface area contributed by atoms with Crippen LogP contribution in [0, 0.1) is 5.82 Å². The van der Waals surface area contributed by atoms with Crippen LogP contribution in [0.1, 0.15) is 25.8 Å². The number of urea groups is 1. The highest BCUT2D eigenvalue weighted by Gasteiger charge is 2.30. The van der Waals surface area contributed by atoms with Gasteiger partial charge in [-0.25, -0.2) is 18.7 Å². The Hall–Kier alpha value is -2.64. The molecule has 1 aromatic carbocycles. The first-order valence-electron chi connectivity index (χ1n) is 8.07. The van der Waals surface area contributed by atoms with Gasteiger partial charge in [-0.15, -0.1) is 5.10 Å². The van der Waals surface area contributed by atoms with E-state index in [2.05, 4.69) is 15.7 Å². The summed E-state index contributed by atoms with van der Waals surface area (Å²) in [5, 5.41) is 9.68. The van der Waals surface area contributed by atoms with E-state index in [0.29, 0.717) is 24.5 Å². The number of nitrogens with zero attached hydrogens (tertiary/aromatic N) is 3. The highest BCUT2D eigenvalue weighted by Crippen LogP contribution is 2.36. The van der Waals surface area contributed by atoms with Crippen LogP contribution < -0.4 is 16.3 Å². The number of nitrogens with one attached hydrogen (secondary N) is 2. The summed E-state index contributed by atoms with van der Waals surface area (Å²) in [7, 11) is 0. The molecule has 1 aliphatic rings. The van der Waals surface area contributed by atoms with Crippen molar-refractivity contribution in [3.8, 4) is 11.4 Å². The smallest absolute Gasteiger partial charge is 0.338 e. The number of carbonyl (C=O) groups is 1.